The van der Waals surface area contributed by atoms with E-state index in [0.29, 0.717) is 0 Å². The zero-order chi connectivity index (χ0) is 13.9. The number of aromatic nitrogens is 3. The Labute approximate surface area is 114 Å². The maximum absolute atomic E-state index is 5.58. The van der Waals surface area contributed by atoms with Gasteiger partial charge < -0.3 is 11.1 Å². The monoisotopic (exact) mass is 261 g/mol. The van der Waals surface area contributed by atoms with Crippen molar-refractivity contribution in [2.75, 3.05) is 18.4 Å². The summed E-state index contributed by atoms with van der Waals surface area (Å²) in [7, 11) is 0. The molecule has 0 aliphatic carbocycles. The largest absolute Gasteiger partial charge is 0.368 e. The molecule has 19 heavy (non-hydrogen) atoms. The van der Waals surface area contributed by atoms with Crippen molar-refractivity contribution in [1.29, 1.82) is 0 Å². The molecule has 104 valence electrons. The fourth-order valence-electron chi connectivity index (χ4n) is 2.17. The second-order valence-corrected chi connectivity index (χ2v) is 5.80. The van der Waals surface area contributed by atoms with Crippen LogP contribution in [0.4, 0.5) is 5.82 Å². The number of nitrogens with two attached hydrogens (primary N) is 1. The molecule has 2 aromatic rings. The van der Waals surface area contributed by atoms with Crippen molar-refractivity contribution in [2.24, 2.45) is 11.1 Å². The standard InChI is InChI=1S/C14H23N5/c1-11-9-12-13(16-7-8-19(12)18-11)17-10-14(2,3)5-4-6-15/h7-9H,4-6,10,15H2,1-3H3,(H,16,17). The van der Waals surface area contributed by atoms with Crippen molar-refractivity contribution in [1.82, 2.24) is 14.6 Å². The minimum Gasteiger partial charge on any atom is -0.368 e. The molecule has 0 fully saturated rings. The van der Waals surface area contributed by atoms with E-state index in [1.54, 1.807) is 6.20 Å². The van der Waals surface area contributed by atoms with Gasteiger partial charge in [0.15, 0.2) is 5.82 Å². The summed E-state index contributed by atoms with van der Waals surface area (Å²) in [6, 6.07) is 2.04. The van der Waals surface area contributed by atoms with Crippen molar-refractivity contribution >= 4 is 11.3 Å². The Bertz CT molecular complexity index is 544. The number of rotatable bonds is 6. The minimum absolute atomic E-state index is 0.211. The van der Waals surface area contributed by atoms with Crippen LogP contribution in [0.3, 0.4) is 0 Å². The SMILES string of the molecule is Cc1cc2c(NCC(C)(C)CCCN)nccn2n1. The lowest BCUT2D eigenvalue weighted by molar-refractivity contribution is 0.350. The summed E-state index contributed by atoms with van der Waals surface area (Å²) in [5.41, 5.74) is 7.81. The van der Waals surface area contributed by atoms with Gasteiger partial charge in [0.05, 0.1) is 5.69 Å². The molecular formula is C14H23N5. The predicted octanol–water partition coefficient (Wildman–Crippen LogP) is 2.21. The molecule has 0 aliphatic heterocycles. The first-order valence-electron chi connectivity index (χ1n) is 6.77. The maximum Gasteiger partial charge on any atom is 0.152 e. The Morgan fingerprint density at radius 1 is 1.42 bits per heavy atom. The molecule has 0 radical (unpaired) electrons. The van der Waals surface area contributed by atoms with Gasteiger partial charge in [0, 0.05) is 18.9 Å². The Hall–Kier alpha value is -1.62. The summed E-state index contributed by atoms with van der Waals surface area (Å²) >= 11 is 0. The molecule has 2 heterocycles. The maximum atomic E-state index is 5.58. The summed E-state index contributed by atoms with van der Waals surface area (Å²) in [4.78, 5) is 4.41. The average molecular weight is 261 g/mol. The topological polar surface area (TPSA) is 68.2 Å². The molecule has 2 rings (SSSR count). The summed E-state index contributed by atoms with van der Waals surface area (Å²) < 4.78 is 1.86. The number of aryl methyl sites for hydroxylation is 1. The zero-order valence-electron chi connectivity index (χ0n) is 12.0. The van der Waals surface area contributed by atoms with Crippen molar-refractivity contribution in [3.05, 3.63) is 24.2 Å². The summed E-state index contributed by atoms with van der Waals surface area (Å²) in [5.74, 6) is 0.893. The molecule has 0 unspecified atom stereocenters. The molecule has 5 nitrogen and oxygen atoms in total. The molecule has 0 aliphatic rings. The Kier molecular flexibility index (Phi) is 4.04. The van der Waals surface area contributed by atoms with E-state index in [-0.39, 0.29) is 5.41 Å². The number of anilines is 1. The van der Waals surface area contributed by atoms with E-state index in [1.165, 1.54) is 0 Å². The Morgan fingerprint density at radius 3 is 2.95 bits per heavy atom. The Morgan fingerprint density at radius 2 is 2.21 bits per heavy atom. The average Bonchev–Trinajstić information content (AvgIpc) is 2.74. The molecule has 0 spiro atoms. The van der Waals surface area contributed by atoms with E-state index in [4.69, 9.17) is 5.73 Å². The second kappa shape index (κ2) is 5.57. The van der Waals surface area contributed by atoms with Gasteiger partial charge in [0.2, 0.25) is 0 Å². The van der Waals surface area contributed by atoms with Crippen LogP contribution in [0.1, 0.15) is 32.4 Å². The summed E-state index contributed by atoms with van der Waals surface area (Å²) in [6.07, 6.45) is 5.80. The highest BCUT2D eigenvalue weighted by atomic mass is 15.2. The zero-order valence-corrected chi connectivity index (χ0v) is 12.0. The molecule has 0 saturated carbocycles. The number of hydrogen-bond acceptors (Lipinski definition) is 4. The Balaban J connectivity index is 2.09. The second-order valence-electron chi connectivity index (χ2n) is 5.80. The van der Waals surface area contributed by atoms with Gasteiger partial charge >= 0.3 is 0 Å². The van der Waals surface area contributed by atoms with Crippen molar-refractivity contribution < 1.29 is 0 Å². The molecule has 5 heteroatoms. The highest BCUT2D eigenvalue weighted by Gasteiger charge is 2.17. The highest BCUT2D eigenvalue weighted by Crippen LogP contribution is 2.23. The van der Waals surface area contributed by atoms with E-state index < -0.39 is 0 Å². The highest BCUT2D eigenvalue weighted by molar-refractivity contribution is 5.67. The van der Waals surface area contributed by atoms with Crippen molar-refractivity contribution in [3.63, 3.8) is 0 Å². The van der Waals surface area contributed by atoms with Gasteiger partial charge in [-0.2, -0.15) is 5.10 Å². The van der Waals surface area contributed by atoms with Crippen LogP contribution < -0.4 is 11.1 Å². The van der Waals surface area contributed by atoms with Crippen molar-refractivity contribution in [2.45, 2.75) is 33.6 Å². The van der Waals surface area contributed by atoms with E-state index in [0.717, 1.165) is 43.0 Å². The summed E-state index contributed by atoms with van der Waals surface area (Å²) in [5, 5.41) is 7.83. The molecule has 0 amide bonds. The molecule has 0 bridgehead atoms. The van der Waals surface area contributed by atoms with Gasteiger partial charge in [-0.1, -0.05) is 13.8 Å². The fraction of sp³-hybridized carbons (Fsp3) is 0.571. The predicted molar refractivity (Wildman–Crippen MR) is 78.3 cm³/mol. The van der Waals surface area contributed by atoms with Crippen LogP contribution in [0.15, 0.2) is 18.5 Å². The molecule has 0 saturated heterocycles. The van der Waals surface area contributed by atoms with Crippen LogP contribution in [0.5, 0.6) is 0 Å². The fourth-order valence-corrected chi connectivity index (χ4v) is 2.17. The van der Waals surface area contributed by atoms with Crippen LogP contribution in [0.25, 0.3) is 5.52 Å². The molecule has 2 aromatic heterocycles. The van der Waals surface area contributed by atoms with Crippen LogP contribution in [0.2, 0.25) is 0 Å². The van der Waals surface area contributed by atoms with E-state index >= 15 is 0 Å². The van der Waals surface area contributed by atoms with E-state index in [1.807, 2.05) is 23.7 Å². The lowest BCUT2D eigenvalue weighted by atomic mass is 9.88. The number of hydrogen-bond donors (Lipinski definition) is 2. The molecule has 3 N–H and O–H groups in total. The first kappa shape index (κ1) is 13.8. The number of nitrogens with one attached hydrogen (secondary N) is 1. The first-order chi connectivity index (χ1) is 9.02. The lowest BCUT2D eigenvalue weighted by Crippen LogP contribution is -2.24. The minimum atomic E-state index is 0.211. The van der Waals surface area contributed by atoms with Gasteiger partial charge in [0.25, 0.3) is 0 Å². The molecule has 0 aromatic carbocycles. The van der Waals surface area contributed by atoms with Crippen LogP contribution in [-0.2, 0) is 0 Å². The van der Waals surface area contributed by atoms with Gasteiger partial charge in [-0.05, 0) is 37.8 Å². The van der Waals surface area contributed by atoms with Gasteiger partial charge in [0.1, 0.15) is 5.52 Å². The smallest absolute Gasteiger partial charge is 0.152 e. The first-order valence-corrected chi connectivity index (χ1v) is 6.77. The van der Waals surface area contributed by atoms with E-state index in [2.05, 4.69) is 29.2 Å². The van der Waals surface area contributed by atoms with Gasteiger partial charge in [-0.15, -0.1) is 0 Å². The summed E-state index contributed by atoms with van der Waals surface area (Å²) in [6.45, 7) is 8.11. The quantitative estimate of drug-likeness (QED) is 0.836. The number of fused-ring (bicyclic) bond motifs is 1. The third-order valence-electron chi connectivity index (χ3n) is 3.30. The van der Waals surface area contributed by atoms with Gasteiger partial charge in [-0.3, -0.25) is 0 Å². The third kappa shape index (κ3) is 3.44. The van der Waals surface area contributed by atoms with Crippen LogP contribution >= 0.6 is 0 Å². The molecular weight excluding hydrogens is 238 g/mol. The van der Waals surface area contributed by atoms with Gasteiger partial charge in [-0.25, -0.2) is 9.50 Å². The lowest BCUT2D eigenvalue weighted by Gasteiger charge is -2.25. The normalized spacial score (nSPS) is 12.0. The van der Waals surface area contributed by atoms with Crippen LogP contribution in [0, 0.1) is 12.3 Å². The molecule has 0 atom stereocenters. The van der Waals surface area contributed by atoms with Crippen molar-refractivity contribution in [3.8, 4) is 0 Å². The third-order valence-corrected chi connectivity index (χ3v) is 3.30. The number of nitrogens with zero attached hydrogens (tertiary/aromatic N) is 3. The van der Waals surface area contributed by atoms with E-state index in [9.17, 15) is 0 Å². The van der Waals surface area contributed by atoms with Crippen LogP contribution in [-0.4, -0.2) is 27.7 Å².